The van der Waals surface area contributed by atoms with Crippen LogP contribution in [0, 0.1) is 22.0 Å². The summed E-state index contributed by atoms with van der Waals surface area (Å²) in [5.74, 6) is -10.4. The Morgan fingerprint density at radius 2 is 1.66 bits per heavy atom. The number of aliphatic hydroxyl groups excluding tert-OH is 5. The van der Waals surface area contributed by atoms with Crippen LogP contribution in [0.15, 0.2) is 59.4 Å². The number of rotatable bonds is 8. The third-order valence-electron chi connectivity index (χ3n) is 9.58. The maximum atomic E-state index is 13.7. The van der Waals surface area contributed by atoms with Crippen molar-refractivity contribution < 1.29 is 65.0 Å². The fraction of sp³-hybridized carbons (Fsp3) is 0.394. The van der Waals surface area contributed by atoms with Gasteiger partial charge in [-0.25, -0.2) is 0 Å². The largest absolute Gasteiger partial charge is 0.508 e. The molecule has 2 aromatic carbocycles. The maximum Gasteiger partial charge on any atom is 0.269 e. The van der Waals surface area contributed by atoms with E-state index in [0.29, 0.717) is 5.56 Å². The minimum atomic E-state index is -3.02. The highest BCUT2D eigenvalue weighted by molar-refractivity contribution is 6.53. The van der Waals surface area contributed by atoms with E-state index in [9.17, 15) is 65.0 Å². The van der Waals surface area contributed by atoms with Gasteiger partial charge in [0.2, 0.25) is 5.78 Å². The highest BCUT2D eigenvalue weighted by atomic mass is 35.5. The average Bonchev–Trinajstić information content (AvgIpc) is 3.08. The van der Waals surface area contributed by atoms with Crippen LogP contribution in [0.3, 0.4) is 0 Å². The highest BCUT2D eigenvalue weighted by Crippen LogP contribution is 2.57. The van der Waals surface area contributed by atoms with Gasteiger partial charge >= 0.3 is 0 Å². The minimum absolute atomic E-state index is 0.00664. The lowest BCUT2D eigenvalue weighted by atomic mass is 9.53. The third kappa shape index (κ3) is 6.83. The van der Waals surface area contributed by atoms with Crippen LogP contribution < -0.4 is 11.1 Å². The lowest BCUT2D eigenvalue weighted by molar-refractivity contribution is -0.384. The number of hydrogen-bond acceptors (Lipinski definition) is 15. The van der Waals surface area contributed by atoms with Crippen LogP contribution in [0.25, 0.3) is 5.76 Å². The van der Waals surface area contributed by atoms with Crippen molar-refractivity contribution in [1.29, 1.82) is 0 Å². The van der Waals surface area contributed by atoms with Gasteiger partial charge in [-0.15, -0.1) is 0 Å². The summed E-state index contributed by atoms with van der Waals surface area (Å²) < 4.78 is 0. The van der Waals surface area contributed by atoms with Gasteiger partial charge in [-0.3, -0.25) is 34.2 Å². The van der Waals surface area contributed by atoms with Gasteiger partial charge in [0, 0.05) is 12.1 Å². The van der Waals surface area contributed by atoms with Crippen LogP contribution in [0.5, 0.6) is 5.75 Å². The van der Waals surface area contributed by atoms with Gasteiger partial charge in [-0.2, -0.15) is 0 Å². The maximum absolute atomic E-state index is 13.7. The molecule has 0 spiro atoms. The molecule has 0 unspecified atom stereocenters. The summed E-state index contributed by atoms with van der Waals surface area (Å²) in [4.78, 5) is 59.8. The Morgan fingerprint density at radius 3 is 2.15 bits per heavy atom. The Bertz CT molecular complexity index is 1910. The molecule has 0 aromatic heterocycles. The summed E-state index contributed by atoms with van der Waals surface area (Å²) in [7, 11) is 2.80. The summed E-state index contributed by atoms with van der Waals surface area (Å²) in [6, 6.07) is 6.56. The van der Waals surface area contributed by atoms with E-state index in [1.165, 1.54) is 68.4 Å². The van der Waals surface area contributed by atoms with Crippen LogP contribution >= 0.6 is 23.2 Å². The number of nitrogens with one attached hydrogen (secondary N) is 1. The second-order valence-corrected chi connectivity index (χ2v) is 14.0. The summed E-state index contributed by atoms with van der Waals surface area (Å²) in [6.45, 7) is 0.702. The molecule has 2 aromatic rings. The number of carbonyl (C=O) groups is 4. The number of nitrogens with zero attached hydrogens (tertiary/aromatic N) is 2. The molecule has 5 rings (SSSR count). The van der Waals surface area contributed by atoms with Gasteiger partial charge in [-0.05, 0) is 50.3 Å². The number of fused-ring (bicyclic) bond motifs is 3. The van der Waals surface area contributed by atoms with Gasteiger partial charge in [0.05, 0.1) is 58.3 Å². The van der Waals surface area contributed by atoms with E-state index in [1.807, 2.05) is 0 Å². The number of Topliss-reactive ketones (excluding diaryl/α,β-unsaturated/α-hetero) is 2. The molecule has 0 heterocycles. The topological polar surface area (TPSA) is 315 Å². The van der Waals surface area contributed by atoms with Crippen LogP contribution in [0.2, 0.25) is 0 Å². The number of primary amides is 1. The van der Waals surface area contributed by atoms with Gasteiger partial charge in [0.15, 0.2) is 16.2 Å². The van der Waals surface area contributed by atoms with Crippen molar-refractivity contribution in [2.24, 2.45) is 17.6 Å². The van der Waals surface area contributed by atoms with Crippen molar-refractivity contribution in [1.82, 2.24) is 10.2 Å². The zero-order valence-corrected chi connectivity index (χ0v) is 29.6. The summed E-state index contributed by atoms with van der Waals surface area (Å²) in [5, 5.41) is 98.3. The number of phenols is 1. The fourth-order valence-electron chi connectivity index (χ4n) is 7.09. The Kier molecular flexibility index (Phi) is 11.6. The SMILES string of the molecule is CN(C)[C@@H]1C(=O)C(C(N)=O)=C(O)[C@@]2(O)C(=O)C3=C(O)c4c(O)cccc4[C@@](C)(O)[C@H]3[C@H](O)[C@@H]12.O=C(N[C@H](CO)[C@H](O)c1ccc([N+](=O)[O-])cc1)C(Cl)Cl. The van der Waals surface area contributed by atoms with Gasteiger partial charge in [-0.1, -0.05) is 35.3 Å². The number of alkyl halides is 2. The quantitative estimate of drug-likeness (QED) is 0.0699. The number of nitro groups is 1. The predicted octanol–water partition coefficient (Wildman–Crippen LogP) is -0.491. The Hall–Kier alpha value is -4.66. The molecule has 53 heavy (non-hydrogen) atoms. The average molecular weight is 784 g/mol. The van der Waals surface area contributed by atoms with Crippen molar-refractivity contribution in [2.45, 2.75) is 47.3 Å². The van der Waals surface area contributed by atoms with Crippen molar-refractivity contribution in [3.63, 3.8) is 0 Å². The predicted molar refractivity (Wildman–Crippen MR) is 184 cm³/mol. The van der Waals surface area contributed by atoms with E-state index in [0.717, 1.165) is 0 Å². The number of nitro benzene ring substituents is 1. The standard InChI is InChI=1S/C22H24N2O9.C11H12Cl2N2O5/c1-21(32)7-5-4-6-8(25)9(7)15(26)10-12(21)17(28)13-14(24(2)3)16(27)11(20(23)31)19(30)22(13,33)18(10)29;12-10(13)11(18)14-8(5-16)9(17)6-1-3-7(4-2-6)15(19)20/h4-6,12-14,17,25-26,28,30,32-33H,1-3H3,(H2,23,31);1-4,8-10,16-17H,5H2,(H,14,18)/t12-,13-,14+,17+,21-,22+;8-,9-/m11/s1. The number of non-ortho nitro benzene ring substituents is 1. The molecular weight excluding hydrogens is 747 g/mol. The lowest BCUT2D eigenvalue weighted by Gasteiger charge is -2.55. The number of halogens is 2. The van der Waals surface area contributed by atoms with E-state index < -0.39 is 115 Å². The molecule has 20 heteroatoms. The van der Waals surface area contributed by atoms with Crippen molar-refractivity contribution >= 4 is 58.0 Å². The summed E-state index contributed by atoms with van der Waals surface area (Å²) in [5.41, 5.74) is -1.61. The number of hydrogen-bond donors (Lipinski definition) is 10. The van der Waals surface area contributed by atoms with Crippen molar-refractivity contribution in [3.05, 3.63) is 86.2 Å². The number of ketones is 2. The number of phenolic OH excluding ortho intramolecular Hbond substituents is 1. The van der Waals surface area contributed by atoms with Crippen LogP contribution in [0.1, 0.15) is 29.7 Å². The molecule has 0 radical (unpaired) electrons. The Labute approximate surface area is 310 Å². The highest BCUT2D eigenvalue weighted by Gasteiger charge is 2.70. The lowest BCUT2D eigenvalue weighted by Crippen LogP contribution is -2.71. The first-order chi connectivity index (χ1) is 24.6. The smallest absolute Gasteiger partial charge is 0.269 e. The second-order valence-electron chi connectivity index (χ2n) is 13.0. The molecule has 2 amide bonds. The van der Waals surface area contributed by atoms with Gasteiger partial charge in [0.1, 0.15) is 28.9 Å². The van der Waals surface area contributed by atoms with Crippen molar-refractivity contribution in [2.75, 3.05) is 20.7 Å². The molecule has 18 nitrogen and oxygen atoms in total. The van der Waals surface area contributed by atoms with Crippen molar-refractivity contribution in [3.8, 4) is 5.75 Å². The first-order valence-corrected chi connectivity index (χ1v) is 16.4. The molecule has 1 saturated carbocycles. The van der Waals surface area contributed by atoms with E-state index in [4.69, 9.17) is 34.0 Å². The number of aliphatic hydroxyl groups is 7. The molecule has 0 aliphatic heterocycles. The molecule has 1 fully saturated rings. The molecule has 0 saturated heterocycles. The van der Waals surface area contributed by atoms with E-state index in [2.05, 4.69) is 5.32 Å². The zero-order valence-electron chi connectivity index (χ0n) is 28.0. The normalized spacial score (nSPS) is 27.6. The van der Waals surface area contributed by atoms with E-state index in [-0.39, 0.29) is 16.8 Å². The first-order valence-electron chi connectivity index (χ1n) is 15.6. The molecule has 286 valence electrons. The Balaban J connectivity index is 0.000000269. The monoisotopic (exact) mass is 782 g/mol. The molecular formula is C33H36Cl2N4O14. The zero-order chi connectivity index (χ0) is 40.1. The first kappa shape index (κ1) is 41.1. The van der Waals surface area contributed by atoms with Crippen LogP contribution in [-0.2, 0) is 24.8 Å². The van der Waals surface area contributed by atoms with E-state index in [1.54, 1.807) is 0 Å². The third-order valence-corrected chi connectivity index (χ3v) is 9.98. The number of amides is 2. The van der Waals surface area contributed by atoms with Gasteiger partial charge in [0.25, 0.3) is 17.5 Å². The number of benzene rings is 2. The fourth-order valence-corrected chi connectivity index (χ4v) is 7.22. The molecule has 11 N–H and O–H groups in total. The molecule has 8 atom stereocenters. The van der Waals surface area contributed by atoms with Crippen LogP contribution in [0.4, 0.5) is 5.69 Å². The Morgan fingerprint density at radius 1 is 1.08 bits per heavy atom. The van der Waals surface area contributed by atoms with E-state index >= 15 is 0 Å². The summed E-state index contributed by atoms with van der Waals surface area (Å²) >= 11 is 10.7. The number of likely N-dealkylation sites (N-methyl/N-ethyl adjacent to an activating group) is 1. The number of nitrogens with two attached hydrogens (primary N) is 1. The molecule has 3 aliphatic carbocycles. The number of carbonyl (C=O) groups excluding carboxylic acids is 4. The number of aromatic hydroxyl groups is 1. The summed E-state index contributed by atoms with van der Waals surface area (Å²) in [6.07, 6.45) is -3.12. The second kappa shape index (κ2) is 15.0. The van der Waals surface area contributed by atoms with Gasteiger partial charge < -0.3 is 51.9 Å². The minimum Gasteiger partial charge on any atom is -0.508 e. The molecule has 3 aliphatic rings. The van der Waals surface area contributed by atoms with Crippen LogP contribution in [-0.4, -0.2) is 123 Å². The molecule has 0 bridgehead atoms.